The van der Waals surface area contributed by atoms with Crippen LogP contribution in [0.15, 0.2) is 18.2 Å². The summed E-state index contributed by atoms with van der Waals surface area (Å²) in [4.78, 5) is 24.4. The molecule has 21 heavy (non-hydrogen) atoms. The molecule has 0 saturated carbocycles. The van der Waals surface area contributed by atoms with Crippen LogP contribution in [-0.2, 0) is 19.1 Å². The molecule has 0 spiro atoms. The van der Waals surface area contributed by atoms with E-state index < -0.39 is 23.6 Å². The standard InChI is InChI=1S/C14H15ClO6/c1-3-19-12(17)14(13(18)20-4-2)11(16)9-7-8(15)5-6-10(9)21-14/h5-7,11,16H,3-4H2,1-2H3. The second kappa shape index (κ2) is 5.91. The Balaban J connectivity index is 2.48. The summed E-state index contributed by atoms with van der Waals surface area (Å²) < 4.78 is 15.2. The fourth-order valence-electron chi connectivity index (χ4n) is 2.14. The molecule has 1 aromatic carbocycles. The van der Waals surface area contributed by atoms with E-state index in [4.69, 9.17) is 25.8 Å². The van der Waals surface area contributed by atoms with Gasteiger partial charge in [0.25, 0.3) is 0 Å². The Labute approximate surface area is 126 Å². The van der Waals surface area contributed by atoms with E-state index in [0.29, 0.717) is 5.02 Å². The molecule has 1 aliphatic heterocycles. The fourth-order valence-corrected chi connectivity index (χ4v) is 2.32. The lowest BCUT2D eigenvalue weighted by atomic mass is 9.93. The van der Waals surface area contributed by atoms with Crippen LogP contribution in [0.25, 0.3) is 0 Å². The van der Waals surface area contributed by atoms with Gasteiger partial charge in [-0.15, -0.1) is 0 Å². The van der Waals surface area contributed by atoms with Gasteiger partial charge >= 0.3 is 17.5 Å². The van der Waals surface area contributed by atoms with Gasteiger partial charge in [-0.25, -0.2) is 9.59 Å². The summed E-state index contributed by atoms with van der Waals surface area (Å²) in [5, 5.41) is 10.8. The second-order valence-corrected chi connectivity index (χ2v) is 4.80. The van der Waals surface area contributed by atoms with E-state index in [1.807, 2.05) is 0 Å². The number of halogens is 1. The number of carbonyl (C=O) groups is 2. The molecule has 1 aromatic rings. The number of ether oxygens (including phenoxy) is 3. The van der Waals surface area contributed by atoms with Crippen molar-refractivity contribution in [2.45, 2.75) is 25.6 Å². The predicted octanol–water partition coefficient (Wildman–Crippen LogP) is 1.63. The Morgan fingerprint density at radius 2 is 1.86 bits per heavy atom. The minimum Gasteiger partial charge on any atom is -0.462 e. The first kappa shape index (κ1) is 15.6. The van der Waals surface area contributed by atoms with Crippen LogP contribution in [0, 0.1) is 0 Å². The Kier molecular flexibility index (Phi) is 4.39. The van der Waals surface area contributed by atoms with Crippen LogP contribution in [0.1, 0.15) is 25.5 Å². The van der Waals surface area contributed by atoms with Gasteiger partial charge in [0.1, 0.15) is 11.9 Å². The van der Waals surface area contributed by atoms with Crippen LogP contribution in [0.2, 0.25) is 5.02 Å². The van der Waals surface area contributed by atoms with Crippen LogP contribution < -0.4 is 4.74 Å². The molecular weight excluding hydrogens is 300 g/mol. The Morgan fingerprint density at radius 3 is 2.38 bits per heavy atom. The first-order valence-electron chi connectivity index (χ1n) is 6.48. The zero-order valence-electron chi connectivity index (χ0n) is 11.6. The maximum Gasteiger partial charge on any atom is 0.365 e. The van der Waals surface area contributed by atoms with Crippen LogP contribution in [0.5, 0.6) is 5.75 Å². The van der Waals surface area contributed by atoms with Gasteiger partial charge in [-0.1, -0.05) is 11.6 Å². The number of rotatable bonds is 4. The summed E-state index contributed by atoms with van der Waals surface area (Å²) in [6.45, 7) is 3.24. The highest BCUT2D eigenvalue weighted by atomic mass is 35.5. The smallest absolute Gasteiger partial charge is 0.365 e. The lowest BCUT2D eigenvalue weighted by Crippen LogP contribution is -2.55. The fraction of sp³-hybridized carbons (Fsp3) is 0.429. The van der Waals surface area contributed by atoms with Gasteiger partial charge in [0.15, 0.2) is 0 Å². The lowest BCUT2D eigenvalue weighted by Gasteiger charge is -2.26. The summed E-state index contributed by atoms with van der Waals surface area (Å²) in [7, 11) is 0. The Bertz CT molecular complexity index is 553. The first-order chi connectivity index (χ1) is 9.97. The van der Waals surface area contributed by atoms with Crippen molar-refractivity contribution in [2.24, 2.45) is 0 Å². The van der Waals surface area contributed by atoms with Gasteiger partial charge in [-0.2, -0.15) is 0 Å². The summed E-state index contributed by atoms with van der Waals surface area (Å²) >= 11 is 5.86. The van der Waals surface area contributed by atoms with Crippen molar-refractivity contribution in [1.82, 2.24) is 0 Å². The van der Waals surface area contributed by atoms with Crippen molar-refractivity contribution in [3.8, 4) is 5.75 Å². The molecule has 1 N–H and O–H groups in total. The van der Waals surface area contributed by atoms with Gasteiger partial charge in [-0.05, 0) is 32.0 Å². The molecule has 0 amide bonds. The molecule has 1 aliphatic rings. The largest absolute Gasteiger partial charge is 0.462 e. The number of benzene rings is 1. The molecule has 0 radical (unpaired) electrons. The first-order valence-corrected chi connectivity index (χ1v) is 6.86. The minimum absolute atomic E-state index is 0.0349. The predicted molar refractivity (Wildman–Crippen MR) is 73.0 cm³/mol. The van der Waals surface area contributed by atoms with E-state index in [1.54, 1.807) is 13.8 Å². The third kappa shape index (κ3) is 2.45. The van der Waals surface area contributed by atoms with Crippen molar-refractivity contribution >= 4 is 23.5 Å². The van der Waals surface area contributed by atoms with Gasteiger partial charge in [0, 0.05) is 10.6 Å². The Morgan fingerprint density at radius 1 is 1.29 bits per heavy atom. The molecule has 0 fully saturated rings. The number of aliphatic hydroxyl groups excluding tert-OH is 1. The molecule has 114 valence electrons. The average Bonchev–Trinajstić information content (AvgIpc) is 2.74. The molecular formula is C14H15ClO6. The number of hydrogen-bond acceptors (Lipinski definition) is 6. The summed E-state index contributed by atoms with van der Waals surface area (Å²) in [6.07, 6.45) is -1.55. The summed E-state index contributed by atoms with van der Waals surface area (Å²) in [5.74, 6) is -1.81. The molecule has 2 rings (SSSR count). The van der Waals surface area contributed by atoms with E-state index in [2.05, 4.69) is 0 Å². The molecule has 0 aromatic heterocycles. The van der Waals surface area contributed by atoms with Crippen LogP contribution >= 0.6 is 11.6 Å². The third-order valence-electron chi connectivity index (χ3n) is 3.08. The highest BCUT2D eigenvalue weighted by Gasteiger charge is 2.62. The van der Waals surface area contributed by atoms with Gasteiger partial charge in [-0.3, -0.25) is 0 Å². The molecule has 0 aliphatic carbocycles. The van der Waals surface area contributed by atoms with E-state index in [1.165, 1.54) is 18.2 Å². The lowest BCUT2D eigenvalue weighted by molar-refractivity contribution is -0.187. The van der Waals surface area contributed by atoms with Crippen LogP contribution in [-0.4, -0.2) is 35.9 Å². The van der Waals surface area contributed by atoms with Crippen molar-refractivity contribution < 1.29 is 28.9 Å². The van der Waals surface area contributed by atoms with Crippen LogP contribution in [0.3, 0.4) is 0 Å². The average molecular weight is 315 g/mol. The second-order valence-electron chi connectivity index (χ2n) is 4.36. The van der Waals surface area contributed by atoms with E-state index in [0.717, 1.165) is 0 Å². The molecule has 6 nitrogen and oxygen atoms in total. The Hall–Kier alpha value is -1.79. The highest BCUT2D eigenvalue weighted by molar-refractivity contribution is 6.30. The van der Waals surface area contributed by atoms with Crippen molar-refractivity contribution in [2.75, 3.05) is 13.2 Å². The van der Waals surface area contributed by atoms with E-state index >= 15 is 0 Å². The molecule has 7 heteroatoms. The van der Waals surface area contributed by atoms with Crippen molar-refractivity contribution in [3.05, 3.63) is 28.8 Å². The van der Waals surface area contributed by atoms with E-state index in [9.17, 15) is 14.7 Å². The number of fused-ring (bicyclic) bond motifs is 1. The minimum atomic E-state index is -2.25. The van der Waals surface area contributed by atoms with Crippen molar-refractivity contribution in [3.63, 3.8) is 0 Å². The van der Waals surface area contributed by atoms with Gasteiger partial charge < -0.3 is 19.3 Å². The zero-order valence-corrected chi connectivity index (χ0v) is 12.3. The summed E-state index contributed by atoms with van der Waals surface area (Å²) in [5.41, 5.74) is -2.01. The number of hydrogen-bond donors (Lipinski definition) is 1. The monoisotopic (exact) mass is 314 g/mol. The maximum absolute atomic E-state index is 12.2. The van der Waals surface area contributed by atoms with Crippen LogP contribution in [0.4, 0.5) is 0 Å². The molecule has 0 bridgehead atoms. The molecule has 1 heterocycles. The van der Waals surface area contributed by atoms with E-state index in [-0.39, 0.29) is 24.5 Å². The summed E-state index contributed by atoms with van der Waals surface area (Å²) in [6, 6.07) is 4.43. The topological polar surface area (TPSA) is 82.1 Å². The number of carbonyl (C=O) groups excluding carboxylic acids is 2. The number of aliphatic hydroxyl groups is 1. The highest BCUT2D eigenvalue weighted by Crippen LogP contribution is 2.45. The zero-order chi connectivity index (χ0) is 15.6. The molecule has 0 saturated heterocycles. The van der Waals surface area contributed by atoms with Crippen molar-refractivity contribution in [1.29, 1.82) is 0 Å². The normalized spacial score (nSPS) is 18.6. The number of esters is 2. The van der Waals surface area contributed by atoms with Gasteiger partial charge in [0.2, 0.25) is 0 Å². The molecule has 1 unspecified atom stereocenters. The maximum atomic E-state index is 12.2. The van der Waals surface area contributed by atoms with Gasteiger partial charge in [0.05, 0.1) is 13.2 Å². The SMILES string of the molecule is CCOC(=O)C1(C(=O)OCC)Oc2ccc(Cl)cc2C1O. The molecule has 1 atom stereocenters. The third-order valence-corrected chi connectivity index (χ3v) is 3.31. The quantitative estimate of drug-likeness (QED) is 0.672.